The Morgan fingerprint density at radius 1 is 0.971 bits per heavy atom. The minimum absolute atomic E-state index is 0.0329. The number of rotatable bonds is 14. The van der Waals surface area contributed by atoms with Crippen LogP contribution in [0.5, 0.6) is 0 Å². The molecular weight excluding hydrogens is 436 g/mol. The van der Waals surface area contributed by atoms with Gasteiger partial charge in [-0.3, -0.25) is 9.59 Å². The summed E-state index contributed by atoms with van der Waals surface area (Å²) in [6.07, 6.45) is 8.30. The first-order valence-corrected chi connectivity index (χ1v) is 12.8. The number of hydrogen-bond acceptors (Lipinski definition) is 4. The van der Waals surface area contributed by atoms with E-state index in [0.29, 0.717) is 31.6 Å². The molecule has 3 rings (SSSR count). The van der Waals surface area contributed by atoms with Crippen LogP contribution in [-0.2, 0) is 22.5 Å². The molecule has 3 aromatic rings. The first kappa shape index (κ1) is 26.3. The first-order chi connectivity index (χ1) is 17.0. The van der Waals surface area contributed by atoms with Crippen LogP contribution in [0.25, 0.3) is 0 Å². The zero-order chi connectivity index (χ0) is 25.0. The minimum Gasteiger partial charge on any atom is -0.466 e. The van der Waals surface area contributed by atoms with E-state index in [1.165, 1.54) is 5.56 Å². The molecule has 0 aliphatic rings. The molecule has 5 heteroatoms. The number of aromatic nitrogens is 1. The first-order valence-electron chi connectivity index (χ1n) is 12.8. The standard InChI is InChI=1S/C30H38N2O3/c1-4-35-29(33)17-11-19-32-21-27(23(2)3)28(22-32)30(34)25-15-10-16-26(20-25)31-18-9-8-14-24-12-6-5-7-13-24/h5-7,10,12-13,15-16,20-23,31H,4,8-9,11,14,17-19H2,1-3H3. The molecule has 1 aromatic heterocycles. The van der Waals surface area contributed by atoms with Crippen LogP contribution in [0.3, 0.4) is 0 Å². The highest BCUT2D eigenvalue weighted by Gasteiger charge is 2.19. The fourth-order valence-electron chi connectivity index (χ4n) is 4.20. The molecule has 35 heavy (non-hydrogen) atoms. The van der Waals surface area contributed by atoms with Crippen LogP contribution in [0.2, 0.25) is 0 Å². The largest absolute Gasteiger partial charge is 0.466 e. The monoisotopic (exact) mass is 474 g/mol. The lowest BCUT2D eigenvalue weighted by Crippen LogP contribution is -2.07. The third-order valence-corrected chi connectivity index (χ3v) is 6.07. The van der Waals surface area contributed by atoms with Crippen molar-refractivity contribution in [1.29, 1.82) is 0 Å². The lowest BCUT2D eigenvalue weighted by molar-refractivity contribution is -0.143. The van der Waals surface area contributed by atoms with E-state index in [2.05, 4.69) is 43.4 Å². The molecular formula is C30H38N2O3. The van der Waals surface area contributed by atoms with E-state index >= 15 is 0 Å². The summed E-state index contributed by atoms with van der Waals surface area (Å²) in [7, 11) is 0. The zero-order valence-corrected chi connectivity index (χ0v) is 21.3. The van der Waals surface area contributed by atoms with Crippen LogP contribution in [0.15, 0.2) is 67.0 Å². The van der Waals surface area contributed by atoms with E-state index in [9.17, 15) is 9.59 Å². The van der Waals surface area contributed by atoms with Gasteiger partial charge in [0, 0.05) is 48.7 Å². The summed E-state index contributed by atoms with van der Waals surface area (Å²) < 4.78 is 7.03. The van der Waals surface area contributed by atoms with Crippen molar-refractivity contribution in [1.82, 2.24) is 4.57 Å². The zero-order valence-electron chi connectivity index (χ0n) is 21.3. The fraction of sp³-hybridized carbons (Fsp3) is 0.400. The fourth-order valence-corrected chi connectivity index (χ4v) is 4.20. The number of nitrogens with one attached hydrogen (secondary N) is 1. The predicted octanol–water partition coefficient (Wildman–Crippen LogP) is 6.62. The average Bonchev–Trinajstić information content (AvgIpc) is 3.29. The maximum atomic E-state index is 13.4. The molecule has 0 atom stereocenters. The molecule has 0 fully saturated rings. The van der Waals surface area contributed by atoms with Gasteiger partial charge in [-0.25, -0.2) is 0 Å². The van der Waals surface area contributed by atoms with E-state index in [4.69, 9.17) is 4.74 Å². The van der Waals surface area contributed by atoms with Gasteiger partial charge in [-0.2, -0.15) is 0 Å². The summed E-state index contributed by atoms with van der Waals surface area (Å²) in [6.45, 7) is 7.97. The Morgan fingerprint density at radius 2 is 1.77 bits per heavy atom. The molecule has 0 spiro atoms. The predicted molar refractivity (Wildman–Crippen MR) is 142 cm³/mol. The van der Waals surface area contributed by atoms with Crippen LogP contribution in [0.4, 0.5) is 5.69 Å². The van der Waals surface area contributed by atoms with Crippen LogP contribution < -0.4 is 5.32 Å². The second kappa shape index (κ2) is 13.5. The Bertz CT molecular complexity index is 1090. The number of benzene rings is 2. The molecule has 0 bridgehead atoms. The van der Waals surface area contributed by atoms with Crippen molar-refractivity contribution < 1.29 is 14.3 Å². The maximum absolute atomic E-state index is 13.4. The number of aryl methyl sites for hydroxylation is 2. The minimum atomic E-state index is -0.176. The lowest BCUT2D eigenvalue weighted by atomic mass is 9.96. The van der Waals surface area contributed by atoms with Crippen molar-refractivity contribution in [2.75, 3.05) is 18.5 Å². The number of anilines is 1. The number of ether oxygens (including phenoxy) is 1. The van der Waals surface area contributed by atoms with E-state index in [0.717, 1.165) is 42.6 Å². The van der Waals surface area contributed by atoms with Gasteiger partial charge in [-0.05, 0) is 61.8 Å². The van der Waals surface area contributed by atoms with Gasteiger partial charge >= 0.3 is 5.97 Å². The molecule has 0 radical (unpaired) electrons. The highest BCUT2D eigenvalue weighted by molar-refractivity contribution is 6.10. The molecule has 1 N–H and O–H groups in total. The Kier molecular flexibility index (Phi) is 10.1. The topological polar surface area (TPSA) is 60.3 Å². The Balaban J connectivity index is 1.58. The summed E-state index contributed by atoms with van der Waals surface area (Å²) in [4.78, 5) is 25.0. The quantitative estimate of drug-likeness (QED) is 0.162. The highest BCUT2D eigenvalue weighted by Crippen LogP contribution is 2.25. The highest BCUT2D eigenvalue weighted by atomic mass is 16.5. The van der Waals surface area contributed by atoms with E-state index in [1.807, 2.05) is 54.2 Å². The Morgan fingerprint density at radius 3 is 2.51 bits per heavy atom. The van der Waals surface area contributed by atoms with Crippen LogP contribution >= 0.6 is 0 Å². The van der Waals surface area contributed by atoms with Crippen molar-refractivity contribution in [3.8, 4) is 0 Å². The van der Waals surface area contributed by atoms with E-state index in [-0.39, 0.29) is 17.7 Å². The smallest absolute Gasteiger partial charge is 0.305 e. The number of ketones is 1. The third kappa shape index (κ3) is 8.13. The van der Waals surface area contributed by atoms with Gasteiger partial charge in [0.1, 0.15) is 0 Å². The third-order valence-electron chi connectivity index (χ3n) is 6.07. The molecule has 0 unspecified atom stereocenters. The number of nitrogens with zero attached hydrogens (tertiary/aromatic N) is 1. The van der Waals surface area contributed by atoms with Crippen molar-refractivity contribution in [3.63, 3.8) is 0 Å². The average molecular weight is 475 g/mol. The maximum Gasteiger partial charge on any atom is 0.305 e. The summed E-state index contributed by atoms with van der Waals surface area (Å²) >= 11 is 0. The normalized spacial score (nSPS) is 11.0. The van der Waals surface area contributed by atoms with Crippen molar-refractivity contribution in [3.05, 3.63) is 89.2 Å². The van der Waals surface area contributed by atoms with Crippen LogP contribution in [0, 0.1) is 0 Å². The molecule has 1 heterocycles. The van der Waals surface area contributed by atoms with Gasteiger partial charge in [-0.15, -0.1) is 0 Å². The van der Waals surface area contributed by atoms with Crippen molar-refractivity contribution >= 4 is 17.4 Å². The van der Waals surface area contributed by atoms with Gasteiger partial charge < -0.3 is 14.6 Å². The van der Waals surface area contributed by atoms with Gasteiger partial charge in [-0.1, -0.05) is 56.3 Å². The second-order valence-corrected chi connectivity index (χ2v) is 9.21. The van der Waals surface area contributed by atoms with Gasteiger partial charge in [0.25, 0.3) is 0 Å². The van der Waals surface area contributed by atoms with E-state index in [1.54, 1.807) is 0 Å². The molecule has 0 saturated heterocycles. The second-order valence-electron chi connectivity index (χ2n) is 9.21. The molecule has 0 amide bonds. The lowest BCUT2D eigenvalue weighted by Gasteiger charge is -2.10. The number of carbonyl (C=O) groups excluding carboxylic acids is 2. The summed E-state index contributed by atoms with van der Waals surface area (Å²) in [5.74, 6) is 0.0844. The number of esters is 1. The number of unbranched alkanes of at least 4 members (excludes halogenated alkanes) is 1. The SMILES string of the molecule is CCOC(=O)CCCn1cc(C(=O)c2cccc(NCCCCc3ccccc3)c2)c(C(C)C)c1. The summed E-state index contributed by atoms with van der Waals surface area (Å²) in [5, 5.41) is 3.47. The van der Waals surface area contributed by atoms with Gasteiger partial charge in [0.15, 0.2) is 5.78 Å². The molecule has 186 valence electrons. The van der Waals surface area contributed by atoms with Gasteiger partial charge in [0.2, 0.25) is 0 Å². The van der Waals surface area contributed by atoms with Crippen LogP contribution in [-0.4, -0.2) is 29.5 Å². The Labute approximate surface area is 209 Å². The molecule has 5 nitrogen and oxygen atoms in total. The number of carbonyl (C=O) groups is 2. The van der Waals surface area contributed by atoms with Crippen molar-refractivity contribution in [2.45, 2.75) is 65.3 Å². The summed E-state index contributed by atoms with van der Waals surface area (Å²) in [5.41, 5.74) is 4.79. The molecule has 2 aromatic carbocycles. The molecule has 0 aliphatic heterocycles. The number of hydrogen-bond donors (Lipinski definition) is 1. The van der Waals surface area contributed by atoms with Gasteiger partial charge in [0.05, 0.1) is 6.61 Å². The Hall–Kier alpha value is -3.34. The summed E-state index contributed by atoms with van der Waals surface area (Å²) in [6, 6.07) is 18.3. The molecule has 0 aliphatic carbocycles. The van der Waals surface area contributed by atoms with Crippen LogP contribution in [0.1, 0.15) is 79.4 Å². The molecule has 0 saturated carbocycles. The van der Waals surface area contributed by atoms with E-state index < -0.39 is 0 Å². The van der Waals surface area contributed by atoms with Crippen molar-refractivity contribution in [2.24, 2.45) is 0 Å².